The van der Waals surface area contributed by atoms with E-state index in [9.17, 15) is 13.2 Å². The topological polar surface area (TPSA) is 87.0 Å². The van der Waals surface area contributed by atoms with Crippen molar-refractivity contribution in [2.75, 3.05) is 25.0 Å². The Hall–Kier alpha value is -2.39. The minimum Gasteiger partial charge on any atom is -0.459 e. The maximum Gasteiger partial charge on any atom is 0.289 e. The average molecular weight is 390 g/mol. The summed E-state index contributed by atoms with van der Waals surface area (Å²) in [6, 6.07) is 5.70. The number of likely N-dealkylation sites (tertiary alicyclic amines) is 1. The number of carbonyl (C=O) groups excluding carboxylic acids is 1. The van der Waals surface area contributed by atoms with Gasteiger partial charge in [0.15, 0.2) is 5.76 Å². The van der Waals surface area contributed by atoms with Crippen LogP contribution in [-0.4, -0.2) is 66.8 Å². The van der Waals surface area contributed by atoms with Crippen molar-refractivity contribution in [1.82, 2.24) is 14.2 Å². The van der Waals surface area contributed by atoms with Crippen LogP contribution in [-0.2, 0) is 10.0 Å². The van der Waals surface area contributed by atoms with Crippen LogP contribution in [0.25, 0.3) is 0 Å². The summed E-state index contributed by atoms with van der Waals surface area (Å²) in [7, 11) is -1.90. The number of likely N-dealkylation sites (N-methyl/N-ethyl adjacent to an activating group) is 1. The van der Waals surface area contributed by atoms with Gasteiger partial charge in [0.2, 0.25) is 10.0 Å². The van der Waals surface area contributed by atoms with Crippen molar-refractivity contribution in [2.45, 2.75) is 36.9 Å². The molecule has 4 rings (SSSR count). The molecule has 0 unspecified atom stereocenters. The lowest BCUT2D eigenvalue weighted by molar-refractivity contribution is 0.0750. The molecule has 2 aromatic heterocycles. The average Bonchev–Trinajstić information content (AvgIpc) is 3.29. The highest BCUT2D eigenvalue weighted by Crippen LogP contribution is 2.37. The molecule has 2 aromatic rings. The maximum atomic E-state index is 13.4. The van der Waals surface area contributed by atoms with E-state index in [0.717, 1.165) is 0 Å². The summed E-state index contributed by atoms with van der Waals surface area (Å²) in [5.41, 5.74) is 0. The third-order valence-electron chi connectivity index (χ3n) is 5.25. The summed E-state index contributed by atoms with van der Waals surface area (Å²) >= 11 is 0. The smallest absolute Gasteiger partial charge is 0.289 e. The molecular formula is C18H22N4O4S. The highest BCUT2D eigenvalue weighted by molar-refractivity contribution is 7.89. The lowest BCUT2D eigenvalue weighted by atomic mass is 10.1. The molecule has 0 aromatic carbocycles. The Bertz CT molecular complexity index is 958. The van der Waals surface area contributed by atoms with Gasteiger partial charge in [0.1, 0.15) is 10.7 Å². The number of rotatable bonds is 2. The van der Waals surface area contributed by atoms with Crippen LogP contribution in [0, 0.1) is 0 Å². The van der Waals surface area contributed by atoms with E-state index in [1.54, 1.807) is 35.4 Å². The number of nitrogens with zero attached hydrogens (tertiary/aromatic N) is 4. The molecule has 0 spiro atoms. The van der Waals surface area contributed by atoms with Gasteiger partial charge in [-0.05, 0) is 38.1 Å². The van der Waals surface area contributed by atoms with Crippen LogP contribution in [0.2, 0.25) is 0 Å². The second-order valence-electron chi connectivity index (χ2n) is 7.19. The van der Waals surface area contributed by atoms with Crippen molar-refractivity contribution in [3.63, 3.8) is 0 Å². The van der Waals surface area contributed by atoms with Crippen LogP contribution in [0.1, 0.15) is 24.4 Å². The summed E-state index contributed by atoms with van der Waals surface area (Å²) in [6.45, 7) is 4.41. The lowest BCUT2D eigenvalue weighted by Crippen LogP contribution is -2.52. The largest absolute Gasteiger partial charge is 0.459 e. The highest BCUT2D eigenvalue weighted by Gasteiger charge is 2.50. The highest BCUT2D eigenvalue weighted by atomic mass is 32.2. The van der Waals surface area contributed by atoms with Gasteiger partial charge in [0, 0.05) is 32.4 Å². The number of fused-ring (bicyclic) bond motifs is 2. The fourth-order valence-corrected chi connectivity index (χ4v) is 6.10. The Morgan fingerprint density at radius 3 is 2.63 bits per heavy atom. The third kappa shape index (κ3) is 2.72. The molecule has 8 nitrogen and oxygen atoms in total. The second kappa shape index (κ2) is 6.35. The molecule has 9 heteroatoms. The van der Waals surface area contributed by atoms with Gasteiger partial charge in [-0.15, -0.1) is 0 Å². The minimum absolute atomic E-state index is 0.197. The molecule has 27 heavy (non-hydrogen) atoms. The van der Waals surface area contributed by atoms with E-state index in [4.69, 9.17) is 4.42 Å². The number of furan rings is 1. The Morgan fingerprint density at radius 2 is 1.96 bits per heavy atom. The summed E-state index contributed by atoms with van der Waals surface area (Å²) in [4.78, 5) is 20.8. The Morgan fingerprint density at radius 1 is 1.22 bits per heavy atom. The van der Waals surface area contributed by atoms with E-state index in [2.05, 4.69) is 4.98 Å². The Kier molecular flexibility index (Phi) is 4.23. The zero-order chi connectivity index (χ0) is 19.3. The molecule has 0 bridgehead atoms. The van der Waals surface area contributed by atoms with E-state index < -0.39 is 10.0 Å². The van der Waals surface area contributed by atoms with Crippen molar-refractivity contribution in [3.8, 4) is 0 Å². The Balaban J connectivity index is 1.79. The third-order valence-corrected chi connectivity index (χ3v) is 7.37. The molecule has 0 radical (unpaired) electrons. The maximum absolute atomic E-state index is 13.4. The zero-order valence-electron chi connectivity index (χ0n) is 15.4. The van der Waals surface area contributed by atoms with Gasteiger partial charge in [-0.25, -0.2) is 13.4 Å². The first-order valence-electron chi connectivity index (χ1n) is 8.86. The van der Waals surface area contributed by atoms with Gasteiger partial charge in [0.05, 0.1) is 18.3 Å². The molecule has 0 N–H and O–H groups in total. The van der Waals surface area contributed by atoms with E-state index in [0.29, 0.717) is 18.9 Å². The van der Waals surface area contributed by atoms with Crippen molar-refractivity contribution in [1.29, 1.82) is 0 Å². The standard InChI is InChI=1S/C18H22N4O4S/c1-12(2)22-14-11-21(18(23)15-6-5-9-26-15)10-13(14)20(3)17-16(27(22,24)25)7-4-8-19-17/h4-9,12-14H,10-11H2,1-3H3/t13-,14-/m0/s1. The second-order valence-corrected chi connectivity index (χ2v) is 9.00. The predicted molar refractivity (Wildman–Crippen MR) is 99.0 cm³/mol. The van der Waals surface area contributed by atoms with E-state index in [-0.39, 0.29) is 34.7 Å². The van der Waals surface area contributed by atoms with Crippen molar-refractivity contribution in [2.24, 2.45) is 0 Å². The molecule has 0 saturated carbocycles. The predicted octanol–water partition coefficient (Wildman–Crippen LogP) is 1.42. The number of pyridine rings is 1. The first-order valence-corrected chi connectivity index (χ1v) is 10.3. The normalized spacial score (nSPS) is 24.6. The van der Waals surface area contributed by atoms with E-state index >= 15 is 0 Å². The minimum atomic E-state index is -3.74. The summed E-state index contributed by atoms with van der Waals surface area (Å²) in [6.07, 6.45) is 3.05. The summed E-state index contributed by atoms with van der Waals surface area (Å²) in [5, 5.41) is 0. The molecule has 144 valence electrons. The fourth-order valence-electron chi connectivity index (χ4n) is 4.08. The van der Waals surface area contributed by atoms with Gasteiger partial charge in [0.25, 0.3) is 5.91 Å². The number of hydrogen-bond acceptors (Lipinski definition) is 6. The molecule has 1 amide bonds. The molecule has 2 atom stereocenters. The first-order chi connectivity index (χ1) is 12.8. The quantitative estimate of drug-likeness (QED) is 0.771. The van der Waals surface area contributed by atoms with Crippen LogP contribution >= 0.6 is 0 Å². The SMILES string of the molecule is CC(C)N1[C@H]2CN(C(=O)c3ccco3)C[C@@H]2N(C)c2ncccc2S1(=O)=O. The van der Waals surface area contributed by atoms with Gasteiger partial charge >= 0.3 is 0 Å². The molecule has 1 fully saturated rings. The molecule has 0 aliphatic carbocycles. The number of anilines is 1. The van der Waals surface area contributed by atoms with Crippen LogP contribution in [0.3, 0.4) is 0 Å². The molecule has 4 heterocycles. The van der Waals surface area contributed by atoms with Crippen LogP contribution in [0.4, 0.5) is 5.82 Å². The molecule has 1 saturated heterocycles. The molecular weight excluding hydrogens is 368 g/mol. The molecule has 2 aliphatic heterocycles. The van der Waals surface area contributed by atoms with Crippen LogP contribution in [0.15, 0.2) is 46.0 Å². The number of carbonyl (C=O) groups is 1. The van der Waals surface area contributed by atoms with Gasteiger partial charge in [-0.3, -0.25) is 4.79 Å². The van der Waals surface area contributed by atoms with Crippen LogP contribution < -0.4 is 4.90 Å². The monoisotopic (exact) mass is 390 g/mol. The number of hydrogen-bond donors (Lipinski definition) is 0. The van der Waals surface area contributed by atoms with E-state index in [1.165, 1.54) is 10.6 Å². The fraction of sp³-hybridized carbons (Fsp3) is 0.444. The van der Waals surface area contributed by atoms with Gasteiger partial charge < -0.3 is 14.2 Å². The number of aromatic nitrogens is 1. The zero-order valence-corrected chi connectivity index (χ0v) is 16.3. The van der Waals surface area contributed by atoms with Crippen LogP contribution in [0.5, 0.6) is 0 Å². The summed E-state index contributed by atoms with van der Waals surface area (Å²) < 4.78 is 33.6. The van der Waals surface area contributed by atoms with Gasteiger partial charge in [-0.1, -0.05) is 0 Å². The number of amides is 1. The first kappa shape index (κ1) is 18.0. The van der Waals surface area contributed by atoms with Gasteiger partial charge in [-0.2, -0.15) is 4.31 Å². The summed E-state index contributed by atoms with van der Waals surface area (Å²) in [5.74, 6) is 0.443. The van der Waals surface area contributed by atoms with Crippen molar-refractivity contribution in [3.05, 3.63) is 42.5 Å². The lowest BCUT2D eigenvalue weighted by Gasteiger charge is -2.33. The van der Waals surface area contributed by atoms with Crippen molar-refractivity contribution >= 4 is 21.7 Å². The molecule has 2 aliphatic rings. The number of sulfonamides is 1. The van der Waals surface area contributed by atoms with Crippen molar-refractivity contribution < 1.29 is 17.6 Å². The van der Waals surface area contributed by atoms with E-state index in [1.807, 2.05) is 25.8 Å². The Labute approximate surface area is 158 Å².